The second-order valence-corrected chi connectivity index (χ2v) is 6.76. The number of nitrogens with zero attached hydrogens (tertiary/aromatic N) is 1. The Labute approximate surface area is 115 Å². The van der Waals surface area contributed by atoms with Crippen LogP contribution in [0, 0.1) is 6.92 Å². The van der Waals surface area contributed by atoms with Gasteiger partial charge in [-0.1, -0.05) is 0 Å². The van der Waals surface area contributed by atoms with E-state index in [4.69, 9.17) is 9.31 Å². The number of hydrogen-bond donors (Lipinski definition) is 0. The average molecular weight is 259 g/mol. The maximum Gasteiger partial charge on any atom is 0.495 e. The molecule has 2 heterocycles. The summed E-state index contributed by atoms with van der Waals surface area (Å²) >= 11 is 0. The Bertz CT molecular complexity index is 493. The van der Waals surface area contributed by atoms with Crippen molar-refractivity contribution in [1.82, 2.24) is 4.98 Å². The summed E-state index contributed by atoms with van der Waals surface area (Å²) in [5.41, 5.74) is 3.08. The first-order valence-electron chi connectivity index (χ1n) is 7.13. The van der Waals surface area contributed by atoms with Gasteiger partial charge in [-0.15, -0.1) is 0 Å². The molecule has 3 nitrogen and oxygen atoms in total. The zero-order valence-electron chi connectivity index (χ0n) is 12.5. The maximum atomic E-state index is 6.17. The van der Waals surface area contributed by atoms with Crippen LogP contribution in [-0.4, -0.2) is 23.3 Å². The quantitative estimate of drug-likeness (QED) is 0.765. The normalized spacial score (nSPS) is 24.8. The number of pyridine rings is 1. The van der Waals surface area contributed by atoms with Gasteiger partial charge in [0.05, 0.1) is 11.2 Å². The summed E-state index contributed by atoms with van der Waals surface area (Å²) in [6, 6.07) is 2.06. The van der Waals surface area contributed by atoms with Crippen molar-refractivity contribution in [3.05, 3.63) is 23.5 Å². The lowest BCUT2D eigenvalue weighted by Gasteiger charge is -2.32. The van der Waals surface area contributed by atoms with E-state index in [-0.39, 0.29) is 18.3 Å². The monoisotopic (exact) mass is 259 g/mol. The topological polar surface area (TPSA) is 31.4 Å². The third-order valence-corrected chi connectivity index (χ3v) is 4.72. The van der Waals surface area contributed by atoms with Gasteiger partial charge in [-0.05, 0) is 70.5 Å². The molecule has 1 aromatic heterocycles. The Hall–Kier alpha value is -0.865. The lowest BCUT2D eigenvalue weighted by atomic mass is 9.75. The molecule has 1 aliphatic carbocycles. The van der Waals surface area contributed by atoms with Crippen LogP contribution in [0.3, 0.4) is 0 Å². The van der Waals surface area contributed by atoms with Crippen LogP contribution in [0.5, 0.6) is 0 Å². The van der Waals surface area contributed by atoms with Gasteiger partial charge in [0.15, 0.2) is 0 Å². The Morgan fingerprint density at radius 2 is 1.74 bits per heavy atom. The van der Waals surface area contributed by atoms with E-state index >= 15 is 0 Å². The molecule has 3 rings (SSSR count). The molecule has 0 aromatic carbocycles. The van der Waals surface area contributed by atoms with E-state index in [9.17, 15) is 0 Å². The third kappa shape index (κ3) is 2.11. The van der Waals surface area contributed by atoms with Gasteiger partial charge in [-0.3, -0.25) is 4.98 Å². The number of aromatic nitrogens is 1. The summed E-state index contributed by atoms with van der Waals surface area (Å²) < 4.78 is 12.3. The molecule has 19 heavy (non-hydrogen) atoms. The van der Waals surface area contributed by atoms with Gasteiger partial charge in [-0.25, -0.2) is 0 Å². The van der Waals surface area contributed by atoms with Gasteiger partial charge in [0.2, 0.25) is 0 Å². The van der Waals surface area contributed by atoms with E-state index in [0.717, 1.165) is 5.69 Å². The highest BCUT2D eigenvalue weighted by atomic mass is 16.7. The summed E-state index contributed by atoms with van der Waals surface area (Å²) in [5, 5.41) is 0. The Morgan fingerprint density at radius 1 is 1.16 bits per heavy atom. The standard InChI is InChI=1S/C15H22BNO2/c1-10-13(11-6-7-11)12(8-9-17-10)16-18-14(2,3)15(4,5)19-16/h8-9,11H,6-7H2,1-5H3. The van der Waals surface area contributed by atoms with E-state index in [1.54, 1.807) is 0 Å². The highest BCUT2D eigenvalue weighted by Crippen LogP contribution is 2.42. The minimum Gasteiger partial charge on any atom is -0.399 e. The van der Waals surface area contributed by atoms with Gasteiger partial charge in [0.1, 0.15) is 0 Å². The summed E-state index contributed by atoms with van der Waals surface area (Å²) in [5.74, 6) is 0.655. The fraction of sp³-hybridized carbons (Fsp3) is 0.667. The molecule has 0 radical (unpaired) electrons. The zero-order chi connectivity index (χ0) is 13.8. The van der Waals surface area contributed by atoms with Crippen molar-refractivity contribution in [2.24, 2.45) is 0 Å². The molecule has 0 unspecified atom stereocenters. The summed E-state index contributed by atoms with van der Waals surface area (Å²) in [6.07, 6.45) is 4.39. The lowest BCUT2D eigenvalue weighted by molar-refractivity contribution is 0.00578. The van der Waals surface area contributed by atoms with E-state index < -0.39 is 0 Å². The third-order valence-electron chi connectivity index (χ3n) is 4.72. The second-order valence-electron chi connectivity index (χ2n) is 6.76. The molecule has 2 fully saturated rings. The first kappa shape index (κ1) is 13.1. The van der Waals surface area contributed by atoms with Crippen LogP contribution in [0.1, 0.15) is 57.7 Å². The first-order chi connectivity index (χ1) is 8.82. The smallest absolute Gasteiger partial charge is 0.399 e. The van der Waals surface area contributed by atoms with Crippen LogP contribution in [-0.2, 0) is 9.31 Å². The van der Waals surface area contributed by atoms with E-state index in [1.807, 2.05) is 6.20 Å². The molecule has 0 amide bonds. The molecule has 2 aliphatic rings. The fourth-order valence-electron chi connectivity index (χ4n) is 2.68. The van der Waals surface area contributed by atoms with Gasteiger partial charge in [0.25, 0.3) is 0 Å². The van der Waals surface area contributed by atoms with Crippen molar-refractivity contribution in [1.29, 1.82) is 0 Å². The summed E-state index contributed by atoms with van der Waals surface area (Å²) in [6.45, 7) is 10.5. The van der Waals surface area contributed by atoms with E-state index in [2.05, 4.69) is 45.7 Å². The highest BCUT2D eigenvalue weighted by molar-refractivity contribution is 6.62. The lowest BCUT2D eigenvalue weighted by Crippen LogP contribution is -2.41. The Kier molecular flexibility index (Phi) is 2.81. The van der Waals surface area contributed by atoms with Gasteiger partial charge in [-0.2, -0.15) is 0 Å². The van der Waals surface area contributed by atoms with Crippen LogP contribution in [0.25, 0.3) is 0 Å². The van der Waals surface area contributed by atoms with Crippen LogP contribution in [0.4, 0.5) is 0 Å². The average Bonchev–Trinajstić information content (AvgIpc) is 3.07. The molecule has 1 saturated heterocycles. The Balaban J connectivity index is 1.98. The molecule has 0 spiro atoms. The molecular weight excluding hydrogens is 237 g/mol. The van der Waals surface area contributed by atoms with Crippen LogP contribution in [0.2, 0.25) is 0 Å². The fourth-order valence-corrected chi connectivity index (χ4v) is 2.68. The minimum absolute atomic E-state index is 0.262. The molecule has 102 valence electrons. The van der Waals surface area contributed by atoms with Crippen molar-refractivity contribution in [3.63, 3.8) is 0 Å². The van der Waals surface area contributed by atoms with E-state index in [0.29, 0.717) is 5.92 Å². The zero-order valence-corrected chi connectivity index (χ0v) is 12.5. The van der Waals surface area contributed by atoms with Crippen molar-refractivity contribution in [3.8, 4) is 0 Å². The minimum atomic E-state index is -0.282. The second kappa shape index (κ2) is 4.06. The number of hydrogen-bond acceptors (Lipinski definition) is 3. The molecular formula is C15H22BNO2. The maximum absolute atomic E-state index is 6.17. The van der Waals surface area contributed by atoms with Gasteiger partial charge >= 0.3 is 7.12 Å². The van der Waals surface area contributed by atoms with Gasteiger partial charge < -0.3 is 9.31 Å². The molecule has 0 N–H and O–H groups in total. The number of aryl methyl sites for hydroxylation is 1. The molecule has 0 bridgehead atoms. The van der Waals surface area contributed by atoms with Crippen molar-refractivity contribution in [2.75, 3.05) is 0 Å². The van der Waals surface area contributed by atoms with Crippen molar-refractivity contribution in [2.45, 2.75) is 64.6 Å². The van der Waals surface area contributed by atoms with Crippen LogP contribution in [0.15, 0.2) is 12.3 Å². The molecule has 4 heteroatoms. The van der Waals surface area contributed by atoms with Crippen LogP contribution < -0.4 is 5.46 Å². The first-order valence-corrected chi connectivity index (χ1v) is 7.13. The Morgan fingerprint density at radius 3 is 2.26 bits per heavy atom. The predicted molar refractivity (Wildman–Crippen MR) is 76.7 cm³/mol. The molecule has 1 saturated carbocycles. The van der Waals surface area contributed by atoms with Crippen molar-refractivity contribution < 1.29 is 9.31 Å². The van der Waals surface area contributed by atoms with Gasteiger partial charge in [0, 0.05) is 11.9 Å². The molecule has 1 aromatic rings. The molecule has 1 aliphatic heterocycles. The highest BCUT2D eigenvalue weighted by Gasteiger charge is 2.52. The van der Waals surface area contributed by atoms with Crippen LogP contribution >= 0.6 is 0 Å². The largest absolute Gasteiger partial charge is 0.495 e. The van der Waals surface area contributed by atoms with Crippen molar-refractivity contribution >= 4 is 12.6 Å². The molecule has 0 atom stereocenters. The summed E-state index contributed by atoms with van der Waals surface area (Å²) in [4.78, 5) is 4.43. The number of rotatable bonds is 2. The predicted octanol–water partition coefficient (Wildman–Crippen LogP) is 2.57. The SMILES string of the molecule is Cc1nccc(B2OC(C)(C)C(C)(C)O2)c1C1CC1. The van der Waals surface area contributed by atoms with E-state index in [1.165, 1.54) is 23.9 Å². The summed E-state index contributed by atoms with van der Waals surface area (Å²) in [7, 11) is -0.262.